The molecule has 0 bridgehead atoms. The van der Waals surface area contributed by atoms with Crippen molar-refractivity contribution in [1.82, 2.24) is 4.90 Å². The maximum absolute atomic E-state index is 13.7. The molecule has 170 valence electrons. The van der Waals surface area contributed by atoms with Gasteiger partial charge in [-0.25, -0.2) is 8.42 Å². The fourth-order valence-electron chi connectivity index (χ4n) is 4.12. The number of carbonyl (C=O) groups excluding carboxylic acids is 1. The summed E-state index contributed by atoms with van der Waals surface area (Å²) in [4.78, 5) is 15.3. The molecule has 0 saturated carbocycles. The zero-order valence-corrected chi connectivity index (χ0v) is 19.9. The minimum absolute atomic E-state index is 0.0417. The second kappa shape index (κ2) is 8.79. The van der Waals surface area contributed by atoms with E-state index >= 15 is 0 Å². The van der Waals surface area contributed by atoms with Gasteiger partial charge in [0, 0.05) is 28.6 Å². The topological polar surface area (TPSA) is 76.8 Å². The highest BCUT2D eigenvalue weighted by atomic mass is 35.5. The van der Waals surface area contributed by atoms with Gasteiger partial charge in [0.15, 0.2) is 15.6 Å². The number of halogens is 1. The molecular formula is C24H26ClNO5S. The highest BCUT2D eigenvalue weighted by molar-refractivity contribution is 7.91. The van der Waals surface area contributed by atoms with Gasteiger partial charge >= 0.3 is 0 Å². The van der Waals surface area contributed by atoms with E-state index < -0.39 is 15.9 Å². The molecule has 4 rings (SSSR count). The van der Waals surface area contributed by atoms with Gasteiger partial charge in [-0.3, -0.25) is 4.79 Å². The third kappa shape index (κ3) is 4.50. The smallest absolute Gasteiger partial charge is 0.290 e. The van der Waals surface area contributed by atoms with Crippen molar-refractivity contribution in [3.63, 3.8) is 0 Å². The van der Waals surface area contributed by atoms with Crippen LogP contribution in [0.5, 0.6) is 5.75 Å². The molecule has 1 unspecified atom stereocenters. The molecule has 1 aliphatic rings. The number of nitrogens with zero attached hydrogens (tertiary/aromatic N) is 1. The minimum Gasteiger partial charge on any atom is -0.494 e. The molecule has 1 aromatic heterocycles. The first kappa shape index (κ1) is 22.7. The molecule has 6 nitrogen and oxygen atoms in total. The highest BCUT2D eigenvalue weighted by Crippen LogP contribution is 2.32. The van der Waals surface area contributed by atoms with Gasteiger partial charge in [-0.2, -0.15) is 0 Å². The predicted molar refractivity (Wildman–Crippen MR) is 125 cm³/mol. The Labute approximate surface area is 193 Å². The van der Waals surface area contributed by atoms with E-state index in [1.54, 1.807) is 11.0 Å². The summed E-state index contributed by atoms with van der Waals surface area (Å²) >= 11 is 6.27. The number of fused-ring (bicyclic) bond motifs is 1. The van der Waals surface area contributed by atoms with Crippen LogP contribution in [0.4, 0.5) is 0 Å². The van der Waals surface area contributed by atoms with Crippen LogP contribution in [0.2, 0.25) is 5.02 Å². The molecule has 1 fully saturated rings. The summed E-state index contributed by atoms with van der Waals surface area (Å²) in [6, 6.07) is 10.7. The van der Waals surface area contributed by atoms with E-state index in [1.165, 1.54) is 0 Å². The Morgan fingerprint density at radius 1 is 1.22 bits per heavy atom. The summed E-state index contributed by atoms with van der Waals surface area (Å²) in [5.41, 5.74) is 3.04. The second-order valence-electron chi connectivity index (χ2n) is 8.22. The number of carbonyl (C=O) groups is 1. The summed E-state index contributed by atoms with van der Waals surface area (Å²) in [5.74, 6) is 0.692. The van der Waals surface area contributed by atoms with Gasteiger partial charge in [0.05, 0.1) is 18.1 Å². The first-order chi connectivity index (χ1) is 15.2. The molecule has 0 aliphatic carbocycles. The van der Waals surface area contributed by atoms with E-state index in [9.17, 15) is 13.2 Å². The molecule has 3 aromatic rings. The number of sulfone groups is 1. The number of aryl methyl sites for hydroxylation is 2. The number of hydrogen-bond donors (Lipinski definition) is 0. The van der Waals surface area contributed by atoms with E-state index in [-0.39, 0.29) is 29.7 Å². The zero-order chi connectivity index (χ0) is 23.0. The predicted octanol–water partition coefficient (Wildman–Crippen LogP) is 4.93. The van der Waals surface area contributed by atoms with Gasteiger partial charge in [0.1, 0.15) is 11.3 Å². The SMILES string of the molecule is CCOc1ccc(CN(C(=O)c2oc3cc(C)c(Cl)cc3c2C)C2CCS(=O)(=O)C2)cc1. The molecule has 2 aromatic carbocycles. The average molecular weight is 476 g/mol. The lowest BCUT2D eigenvalue weighted by Crippen LogP contribution is -2.40. The number of furan rings is 1. The largest absolute Gasteiger partial charge is 0.494 e. The fraction of sp³-hybridized carbons (Fsp3) is 0.375. The molecule has 1 amide bonds. The molecular weight excluding hydrogens is 450 g/mol. The van der Waals surface area contributed by atoms with Gasteiger partial charge in [0.25, 0.3) is 5.91 Å². The van der Waals surface area contributed by atoms with Crippen LogP contribution >= 0.6 is 11.6 Å². The summed E-state index contributed by atoms with van der Waals surface area (Å²) in [6.07, 6.45) is 0.412. The first-order valence-electron chi connectivity index (χ1n) is 10.6. The molecule has 1 aliphatic heterocycles. The molecule has 0 N–H and O–H groups in total. The number of amides is 1. The molecule has 1 saturated heterocycles. The highest BCUT2D eigenvalue weighted by Gasteiger charge is 2.36. The van der Waals surface area contributed by atoms with Crippen molar-refractivity contribution in [2.75, 3.05) is 18.1 Å². The van der Waals surface area contributed by atoms with Crippen LogP contribution in [0, 0.1) is 13.8 Å². The van der Waals surface area contributed by atoms with Gasteiger partial charge in [0.2, 0.25) is 0 Å². The molecule has 0 spiro atoms. The quantitative estimate of drug-likeness (QED) is 0.505. The number of ether oxygens (including phenoxy) is 1. The average Bonchev–Trinajstić information content (AvgIpc) is 3.27. The van der Waals surface area contributed by atoms with Crippen molar-refractivity contribution in [3.05, 3.63) is 63.9 Å². The summed E-state index contributed by atoms with van der Waals surface area (Å²) < 4.78 is 35.8. The molecule has 32 heavy (non-hydrogen) atoms. The van der Waals surface area contributed by atoms with Crippen molar-refractivity contribution >= 4 is 38.3 Å². The second-order valence-corrected chi connectivity index (χ2v) is 10.9. The van der Waals surface area contributed by atoms with Crippen LogP contribution in [0.1, 0.15) is 40.6 Å². The number of rotatable bonds is 6. The Balaban J connectivity index is 1.70. The van der Waals surface area contributed by atoms with Crippen molar-refractivity contribution in [1.29, 1.82) is 0 Å². The Kier molecular flexibility index (Phi) is 6.23. The maximum atomic E-state index is 13.7. The van der Waals surface area contributed by atoms with Gasteiger partial charge in [-0.1, -0.05) is 23.7 Å². The van der Waals surface area contributed by atoms with Crippen molar-refractivity contribution in [2.24, 2.45) is 0 Å². The fourth-order valence-corrected chi connectivity index (χ4v) is 6.01. The molecule has 2 heterocycles. The normalized spacial score (nSPS) is 17.6. The lowest BCUT2D eigenvalue weighted by molar-refractivity contribution is 0.0649. The lowest BCUT2D eigenvalue weighted by atomic mass is 10.1. The van der Waals surface area contributed by atoms with E-state index in [1.807, 2.05) is 51.1 Å². The van der Waals surface area contributed by atoms with E-state index in [4.69, 9.17) is 20.8 Å². The standard InChI is InChI=1S/C24H26ClNO5S/c1-4-30-19-7-5-17(6-8-19)13-26(18-9-10-32(28,29)14-18)24(27)23-16(3)20-12-21(25)15(2)11-22(20)31-23/h5-8,11-12,18H,4,9-10,13-14H2,1-3H3. The third-order valence-electron chi connectivity index (χ3n) is 5.91. The van der Waals surface area contributed by atoms with E-state index in [0.717, 1.165) is 22.3 Å². The van der Waals surface area contributed by atoms with Crippen molar-refractivity contribution in [3.8, 4) is 5.75 Å². The van der Waals surface area contributed by atoms with Crippen LogP contribution in [0.25, 0.3) is 11.0 Å². The van der Waals surface area contributed by atoms with Gasteiger partial charge in [-0.15, -0.1) is 0 Å². The van der Waals surface area contributed by atoms with Gasteiger partial charge < -0.3 is 14.1 Å². The van der Waals surface area contributed by atoms with E-state index in [2.05, 4.69) is 0 Å². The Morgan fingerprint density at radius 3 is 2.56 bits per heavy atom. The third-order valence-corrected chi connectivity index (χ3v) is 8.07. The summed E-state index contributed by atoms with van der Waals surface area (Å²) in [5, 5.41) is 1.39. The maximum Gasteiger partial charge on any atom is 0.290 e. The zero-order valence-electron chi connectivity index (χ0n) is 18.4. The molecule has 0 radical (unpaired) electrons. The summed E-state index contributed by atoms with van der Waals surface area (Å²) in [6.45, 7) is 6.47. The number of benzene rings is 2. The van der Waals surface area contributed by atoms with Crippen LogP contribution < -0.4 is 4.74 Å². The van der Waals surface area contributed by atoms with Crippen molar-refractivity contribution in [2.45, 2.75) is 39.8 Å². The van der Waals surface area contributed by atoms with Crippen LogP contribution in [-0.4, -0.2) is 43.4 Å². The Morgan fingerprint density at radius 2 is 1.94 bits per heavy atom. The Bertz CT molecular complexity index is 1260. The Hall–Kier alpha value is -2.51. The molecule has 8 heteroatoms. The van der Waals surface area contributed by atoms with E-state index in [0.29, 0.717) is 29.2 Å². The first-order valence-corrected chi connectivity index (χ1v) is 12.8. The van der Waals surface area contributed by atoms with Gasteiger partial charge in [-0.05, 0) is 62.6 Å². The monoisotopic (exact) mass is 475 g/mol. The summed E-state index contributed by atoms with van der Waals surface area (Å²) in [7, 11) is -3.17. The van der Waals surface area contributed by atoms with Crippen LogP contribution in [-0.2, 0) is 16.4 Å². The van der Waals surface area contributed by atoms with Crippen LogP contribution in [0.3, 0.4) is 0 Å². The van der Waals surface area contributed by atoms with Crippen LogP contribution in [0.15, 0.2) is 40.8 Å². The minimum atomic E-state index is -3.17. The molecule has 1 atom stereocenters. The lowest BCUT2D eigenvalue weighted by Gasteiger charge is -2.28. The number of hydrogen-bond acceptors (Lipinski definition) is 5. The van der Waals surface area contributed by atoms with Crippen molar-refractivity contribution < 1.29 is 22.4 Å².